The van der Waals surface area contributed by atoms with Crippen LogP contribution in [0.1, 0.15) is 19.3 Å². The molecule has 3 N–H and O–H groups in total. The van der Waals surface area contributed by atoms with Crippen molar-refractivity contribution in [2.24, 2.45) is 5.92 Å². The number of amides is 2. The van der Waals surface area contributed by atoms with Crippen molar-refractivity contribution in [3.05, 3.63) is 30.3 Å². The van der Waals surface area contributed by atoms with Crippen molar-refractivity contribution in [3.63, 3.8) is 0 Å². The highest BCUT2D eigenvalue weighted by Crippen LogP contribution is 2.09. The van der Waals surface area contributed by atoms with Crippen molar-refractivity contribution in [1.29, 1.82) is 0 Å². The van der Waals surface area contributed by atoms with Crippen LogP contribution < -0.4 is 16.0 Å². The zero-order valence-electron chi connectivity index (χ0n) is 11.9. The SMILES string of the molecule is Cl.O=C(CCNC(=O)C1CCCNC1)Nc1ccccc1. The molecular formula is C15H22ClN3O2. The molecule has 0 aliphatic carbocycles. The van der Waals surface area contributed by atoms with Crippen molar-refractivity contribution in [2.75, 3.05) is 25.0 Å². The lowest BCUT2D eigenvalue weighted by Crippen LogP contribution is -2.41. The second-order valence-electron chi connectivity index (χ2n) is 5.00. The van der Waals surface area contributed by atoms with Gasteiger partial charge in [0.05, 0.1) is 5.92 Å². The van der Waals surface area contributed by atoms with Gasteiger partial charge in [-0.2, -0.15) is 0 Å². The first-order valence-corrected chi connectivity index (χ1v) is 7.09. The van der Waals surface area contributed by atoms with E-state index in [-0.39, 0.29) is 30.1 Å². The molecule has 2 amide bonds. The van der Waals surface area contributed by atoms with Gasteiger partial charge in [-0.25, -0.2) is 0 Å². The molecule has 1 fully saturated rings. The first kappa shape index (κ1) is 17.5. The molecule has 1 aromatic rings. The average Bonchev–Trinajstić information content (AvgIpc) is 2.49. The lowest BCUT2D eigenvalue weighted by atomic mass is 9.99. The maximum Gasteiger partial charge on any atom is 0.226 e. The summed E-state index contributed by atoms with van der Waals surface area (Å²) >= 11 is 0. The topological polar surface area (TPSA) is 70.2 Å². The van der Waals surface area contributed by atoms with E-state index in [1.54, 1.807) is 0 Å². The van der Waals surface area contributed by atoms with E-state index in [0.29, 0.717) is 13.0 Å². The molecule has 1 heterocycles. The molecule has 1 unspecified atom stereocenters. The zero-order valence-corrected chi connectivity index (χ0v) is 12.7. The fraction of sp³-hybridized carbons (Fsp3) is 0.467. The number of benzene rings is 1. The third-order valence-corrected chi connectivity index (χ3v) is 3.38. The van der Waals surface area contributed by atoms with Crippen molar-refractivity contribution in [1.82, 2.24) is 10.6 Å². The summed E-state index contributed by atoms with van der Waals surface area (Å²) in [5.74, 6) is 0.00362. The monoisotopic (exact) mass is 311 g/mol. The number of para-hydroxylation sites is 1. The van der Waals surface area contributed by atoms with Gasteiger partial charge in [0.25, 0.3) is 0 Å². The van der Waals surface area contributed by atoms with Gasteiger partial charge in [-0.15, -0.1) is 12.4 Å². The van der Waals surface area contributed by atoms with Crippen molar-refractivity contribution in [2.45, 2.75) is 19.3 Å². The van der Waals surface area contributed by atoms with Gasteiger partial charge in [0.1, 0.15) is 0 Å². The van der Waals surface area contributed by atoms with Gasteiger partial charge in [-0.1, -0.05) is 18.2 Å². The number of halogens is 1. The zero-order chi connectivity index (χ0) is 14.2. The molecule has 0 bridgehead atoms. The predicted molar refractivity (Wildman–Crippen MR) is 85.5 cm³/mol. The summed E-state index contributed by atoms with van der Waals surface area (Å²) in [6, 6.07) is 9.31. The fourth-order valence-electron chi connectivity index (χ4n) is 2.26. The number of nitrogens with one attached hydrogen (secondary N) is 3. The number of carbonyl (C=O) groups excluding carboxylic acids is 2. The molecule has 0 spiro atoms. The number of hydrogen-bond donors (Lipinski definition) is 3. The summed E-state index contributed by atoms with van der Waals surface area (Å²) in [6.07, 6.45) is 2.25. The lowest BCUT2D eigenvalue weighted by molar-refractivity contribution is -0.125. The Labute approximate surface area is 131 Å². The first-order valence-electron chi connectivity index (χ1n) is 7.09. The van der Waals surface area contributed by atoms with Crippen molar-refractivity contribution >= 4 is 29.9 Å². The molecule has 1 aliphatic rings. The molecule has 2 rings (SSSR count). The first-order chi connectivity index (χ1) is 9.75. The standard InChI is InChI=1S/C15H21N3O2.ClH/c19-14(18-13-6-2-1-3-7-13)8-10-17-15(20)12-5-4-9-16-11-12;/h1-3,6-7,12,16H,4-5,8-11H2,(H,17,20)(H,18,19);1H. The van der Waals surface area contributed by atoms with Crippen LogP contribution in [0.25, 0.3) is 0 Å². The van der Waals surface area contributed by atoms with E-state index in [9.17, 15) is 9.59 Å². The number of carbonyl (C=O) groups is 2. The fourth-order valence-corrected chi connectivity index (χ4v) is 2.26. The Hall–Kier alpha value is -1.59. The summed E-state index contributed by atoms with van der Waals surface area (Å²) in [5, 5.41) is 8.83. The van der Waals surface area contributed by atoms with Gasteiger partial charge in [-0.05, 0) is 31.5 Å². The molecule has 21 heavy (non-hydrogen) atoms. The number of rotatable bonds is 5. The smallest absolute Gasteiger partial charge is 0.226 e. The number of hydrogen-bond acceptors (Lipinski definition) is 3. The molecule has 1 saturated heterocycles. The normalized spacial score (nSPS) is 17.4. The minimum Gasteiger partial charge on any atom is -0.355 e. The number of piperidine rings is 1. The Morgan fingerprint density at radius 1 is 1.24 bits per heavy atom. The maximum absolute atomic E-state index is 11.9. The highest BCUT2D eigenvalue weighted by Gasteiger charge is 2.20. The quantitative estimate of drug-likeness (QED) is 0.773. The molecule has 6 heteroatoms. The van der Waals surface area contributed by atoms with E-state index in [0.717, 1.165) is 31.6 Å². The van der Waals surface area contributed by atoms with E-state index in [4.69, 9.17) is 0 Å². The van der Waals surface area contributed by atoms with E-state index >= 15 is 0 Å². The van der Waals surface area contributed by atoms with Gasteiger partial charge in [-0.3, -0.25) is 9.59 Å². The van der Waals surface area contributed by atoms with E-state index in [1.807, 2.05) is 30.3 Å². The summed E-state index contributed by atoms with van der Waals surface area (Å²) in [6.45, 7) is 2.11. The Balaban J connectivity index is 0.00000220. The molecule has 0 aromatic heterocycles. The summed E-state index contributed by atoms with van der Waals surface area (Å²) in [7, 11) is 0. The predicted octanol–water partition coefficient (Wildman–Crippen LogP) is 1.55. The van der Waals surface area contributed by atoms with Gasteiger partial charge in [0.2, 0.25) is 11.8 Å². The van der Waals surface area contributed by atoms with Crippen LogP contribution in [0.2, 0.25) is 0 Å². The summed E-state index contributed by atoms with van der Waals surface area (Å²) in [4.78, 5) is 23.6. The molecule has 5 nitrogen and oxygen atoms in total. The van der Waals surface area contributed by atoms with Crippen molar-refractivity contribution < 1.29 is 9.59 Å². The Kier molecular flexibility index (Phi) is 7.79. The van der Waals surface area contributed by atoms with Gasteiger partial charge >= 0.3 is 0 Å². The third kappa shape index (κ3) is 6.14. The lowest BCUT2D eigenvalue weighted by Gasteiger charge is -2.21. The second-order valence-corrected chi connectivity index (χ2v) is 5.00. The highest BCUT2D eigenvalue weighted by molar-refractivity contribution is 5.91. The average molecular weight is 312 g/mol. The Morgan fingerprint density at radius 3 is 2.67 bits per heavy atom. The van der Waals surface area contributed by atoms with Crippen molar-refractivity contribution in [3.8, 4) is 0 Å². The largest absolute Gasteiger partial charge is 0.355 e. The third-order valence-electron chi connectivity index (χ3n) is 3.38. The number of anilines is 1. The highest BCUT2D eigenvalue weighted by atomic mass is 35.5. The van der Waals surface area contributed by atoms with Crippen LogP contribution in [0, 0.1) is 5.92 Å². The minimum atomic E-state index is -0.0849. The maximum atomic E-state index is 11.9. The molecule has 1 atom stereocenters. The summed E-state index contributed by atoms with van der Waals surface area (Å²) < 4.78 is 0. The molecule has 0 radical (unpaired) electrons. The van der Waals surface area contributed by atoms with Crippen LogP contribution in [0.3, 0.4) is 0 Å². The van der Waals surface area contributed by atoms with Gasteiger partial charge in [0, 0.05) is 25.2 Å². The van der Waals surface area contributed by atoms with E-state index in [1.165, 1.54) is 0 Å². The van der Waals surface area contributed by atoms with Crippen LogP contribution in [-0.2, 0) is 9.59 Å². The Morgan fingerprint density at radius 2 is 2.00 bits per heavy atom. The Bertz CT molecular complexity index is 447. The molecular weight excluding hydrogens is 290 g/mol. The molecule has 1 aromatic carbocycles. The molecule has 0 saturated carbocycles. The van der Waals surface area contributed by atoms with Gasteiger partial charge < -0.3 is 16.0 Å². The molecule has 116 valence electrons. The van der Waals surface area contributed by atoms with E-state index in [2.05, 4.69) is 16.0 Å². The van der Waals surface area contributed by atoms with Gasteiger partial charge in [0.15, 0.2) is 0 Å². The summed E-state index contributed by atoms with van der Waals surface area (Å²) in [5.41, 5.74) is 0.778. The van der Waals surface area contributed by atoms with Crippen LogP contribution in [0.15, 0.2) is 30.3 Å². The van der Waals surface area contributed by atoms with Crippen LogP contribution in [0.5, 0.6) is 0 Å². The van der Waals surface area contributed by atoms with Crippen LogP contribution in [0.4, 0.5) is 5.69 Å². The second kappa shape index (κ2) is 9.37. The van der Waals surface area contributed by atoms with Crippen LogP contribution in [-0.4, -0.2) is 31.4 Å². The molecule has 1 aliphatic heterocycles. The minimum absolute atomic E-state index is 0. The van der Waals surface area contributed by atoms with Crippen LogP contribution >= 0.6 is 12.4 Å². The van der Waals surface area contributed by atoms with E-state index < -0.39 is 0 Å².